The molecule has 1 aromatic carbocycles. The zero-order chi connectivity index (χ0) is 25.3. The number of nitrogens with two attached hydrogens (primary N) is 1. The van der Waals surface area contributed by atoms with Gasteiger partial charge in [0.1, 0.15) is 5.25 Å². The molecule has 0 saturated carbocycles. The van der Waals surface area contributed by atoms with Crippen molar-refractivity contribution < 1.29 is 24.2 Å². The number of methoxy groups -OCH3 is 1. The van der Waals surface area contributed by atoms with E-state index >= 15 is 0 Å². The fraction of sp³-hybridized carbons (Fsp3) is 0.640. The lowest BCUT2D eigenvalue weighted by Gasteiger charge is -2.36. The number of esters is 1. The zero-order valence-electron chi connectivity index (χ0n) is 20.7. The van der Waals surface area contributed by atoms with Crippen LogP contribution in [0.1, 0.15) is 59.3 Å². The Hall–Kier alpha value is -2.10. The van der Waals surface area contributed by atoms with Crippen LogP contribution in [0.25, 0.3) is 0 Å². The van der Waals surface area contributed by atoms with E-state index in [-0.39, 0.29) is 43.6 Å². The average Bonchev–Trinajstić information content (AvgIpc) is 2.80. The smallest absolute Gasteiger partial charge is 0.321 e. The van der Waals surface area contributed by atoms with Crippen molar-refractivity contribution in [3.63, 3.8) is 0 Å². The van der Waals surface area contributed by atoms with E-state index in [1.807, 2.05) is 38.1 Å². The molecule has 0 aliphatic carbocycles. The number of amides is 2. The van der Waals surface area contributed by atoms with Crippen LogP contribution in [0.5, 0.6) is 0 Å². The number of benzene rings is 1. The first-order valence-corrected chi connectivity index (χ1v) is 12.8. The number of thioether (sulfide) groups is 1. The highest BCUT2D eigenvalue weighted by molar-refractivity contribution is 8.00. The van der Waals surface area contributed by atoms with Crippen molar-refractivity contribution in [3.05, 3.63) is 24.3 Å². The van der Waals surface area contributed by atoms with E-state index in [4.69, 9.17) is 10.5 Å². The predicted molar refractivity (Wildman–Crippen MR) is 135 cm³/mol. The summed E-state index contributed by atoms with van der Waals surface area (Å²) >= 11 is 1.40. The first kappa shape index (κ1) is 28.1. The highest BCUT2D eigenvalue weighted by Gasteiger charge is 2.36. The summed E-state index contributed by atoms with van der Waals surface area (Å²) in [6, 6.07) is 6.96. The number of fused-ring (bicyclic) bond motifs is 1. The van der Waals surface area contributed by atoms with Gasteiger partial charge in [0.2, 0.25) is 11.8 Å². The maximum Gasteiger partial charge on any atom is 0.321 e. The van der Waals surface area contributed by atoms with Crippen LogP contribution in [-0.2, 0) is 19.1 Å². The van der Waals surface area contributed by atoms with Crippen LogP contribution in [0.15, 0.2) is 29.2 Å². The molecule has 1 aliphatic rings. The minimum atomic E-state index is -0.831. The number of nitrogens with one attached hydrogen (secondary N) is 1. The first-order chi connectivity index (χ1) is 16.1. The highest BCUT2D eigenvalue weighted by Crippen LogP contribution is 2.40. The standard InChI is InChI=1S/C25H39N3O5S/c1-5-6-13-27-22(30)12-11-19(29)17(26)14-25(2,3)15-23(31)28-16-21(24(32)33-4)34-20-10-8-7-9-18(20)28/h7-10,17,19,21,29H,5-6,11-16,26H2,1-4H3,(H,27,30)/t17-,19-,21+/m0/s1. The van der Waals surface area contributed by atoms with E-state index in [0.717, 1.165) is 23.4 Å². The lowest BCUT2D eigenvalue weighted by atomic mass is 9.80. The maximum absolute atomic E-state index is 13.3. The second kappa shape index (κ2) is 13.1. The van der Waals surface area contributed by atoms with Gasteiger partial charge in [-0.1, -0.05) is 39.3 Å². The summed E-state index contributed by atoms with van der Waals surface area (Å²) in [5, 5.41) is 12.8. The van der Waals surface area contributed by atoms with Crippen molar-refractivity contribution in [2.45, 2.75) is 81.6 Å². The van der Waals surface area contributed by atoms with Gasteiger partial charge in [-0.25, -0.2) is 0 Å². The monoisotopic (exact) mass is 493 g/mol. The van der Waals surface area contributed by atoms with Crippen LogP contribution in [0.3, 0.4) is 0 Å². The van der Waals surface area contributed by atoms with Crippen molar-refractivity contribution >= 4 is 35.2 Å². The summed E-state index contributed by atoms with van der Waals surface area (Å²) in [6.07, 6.45) is 2.22. The van der Waals surface area contributed by atoms with Crippen molar-refractivity contribution in [1.29, 1.82) is 0 Å². The number of carbonyl (C=O) groups is 3. The lowest BCUT2D eigenvalue weighted by Crippen LogP contribution is -2.45. The fourth-order valence-corrected chi connectivity index (χ4v) is 5.24. The molecule has 2 amide bonds. The Labute approximate surface area is 207 Å². The summed E-state index contributed by atoms with van der Waals surface area (Å²) in [5.74, 6) is -0.556. The number of ether oxygens (including phenoxy) is 1. The average molecular weight is 494 g/mol. The van der Waals surface area contributed by atoms with Crippen molar-refractivity contribution in [2.75, 3.05) is 25.1 Å². The summed E-state index contributed by atoms with van der Waals surface area (Å²) in [7, 11) is 1.35. The molecule has 0 fully saturated rings. The fourth-order valence-electron chi connectivity index (χ4n) is 4.06. The second-order valence-corrected chi connectivity index (χ2v) is 10.9. The number of aliphatic hydroxyl groups excluding tert-OH is 1. The van der Waals surface area contributed by atoms with Gasteiger partial charge >= 0.3 is 5.97 Å². The van der Waals surface area contributed by atoms with Gasteiger partial charge in [-0.15, -0.1) is 11.8 Å². The van der Waals surface area contributed by atoms with E-state index in [0.29, 0.717) is 13.0 Å². The molecule has 190 valence electrons. The van der Waals surface area contributed by atoms with Crippen LogP contribution < -0.4 is 16.0 Å². The van der Waals surface area contributed by atoms with E-state index in [2.05, 4.69) is 12.2 Å². The number of aliphatic hydroxyl groups is 1. The highest BCUT2D eigenvalue weighted by atomic mass is 32.2. The number of carbonyl (C=O) groups excluding carboxylic acids is 3. The molecule has 0 saturated heterocycles. The van der Waals surface area contributed by atoms with Gasteiger partial charge in [0.05, 0.1) is 18.9 Å². The number of para-hydroxylation sites is 1. The summed E-state index contributed by atoms with van der Waals surface area (Å²) in [6.45, 7) is 6.82. The molecular weight excluding hydrogens is 454 g/mol. The topological polar surface area (TPSA) is 122 Å². The molecule has 1 aromatic rings. The molecule has 1 aliphatic heterocycles. The van der Waals surface area contributed by atoms with E-state index in [9.17, 15) is 19.5 Å². The lowest BCUT2D eigenvalue weighted by molar-refractivity contribution is -0.139. The van der Waals surface area contributed by atoms with Crippen LogP contribution in [0.2, 0.25) is 0 Å². The van der Waals surface area contributed by atoms with Gasteiger partial charge in [-0.3, -0.25) is 14.4 Å². The SMILES string of the molecule is CCCCNC(=O)CC[C@H](O)[C@@H](N)CC(C)(C)CC(=O)N1C[C@H](C(=O)OC)Sc2ccccc21. The van der Waals surface area contributed by atoms with Crippen molar-refractivity contribution in [2.24, 2.45) is 11.1 Å². The molecule has 34 heavy (non-hydrogen) atoms. The Balaban J connectivity index is 1.96. The Kier molecular flexibility index (Phi) is 10.9. The third-order valence-corrected chi connectivity index (χ3v) is 7.20. The third-order valence-electron chi connectivity index (χ3n) is 5.97. The number of hydrogen-bond donors (Lipinski definition) is 3. The molecular formula is C25H39N3O5S. The summed E-state index contributed by atoms with van der Waals surface area (Å²) in [4.78, 5) is 39.9. The van der Waals surface area contributed by atoms with Crippen molar-refractivity contribution in [3.8, 4) is 0 Å². The minimum Gasteiger partial charge on any atom is -0.468 e. The second-order valence-electron chi connectivity index (χ2n) is 9.62. The molecule has 0 aromatic heterocycles. The molecule has 2 rings (SSSR count). The number of rotatable bonds is 12. The molecule has 0 radical (unpaired) electrons. The maximum atomic E-state index is 13.3. The van der Waals surface area contributed by atoms with E-state index in [1.165, 1.54) is 18.9 Å². The number of anilines is 1. The first-order valence-electron chi connectivity index (χ1n) is 11.9. The molecule has 3 atom stereocenters. The predicted octanol–water partition coefficient (Wildman–Crippen LogP) is 2.86. The van der Waals surface area contributed by atoms with E-state index < -0.39 is 22.8 Å². The van der Waals surface area contributed by atoms with Gasteiger partial charge in [0.25, 0.3) is 0 Å². The third kappa shape index (κ3) is 8.29. The van der Waals surface area contributed by atoms with Gasteiger partial charge in [-0.2, -0.15) is 0 Å². The Bertz CT molecular complexity index is 848. The molecule has 1 heterocycles. The van der Waals surface area contributed by atoms with Crippen LogP contribution >= 0.6 is 11.8 Å². The normalized spacial score (nSPS) is 17.5. The molecule has 0 bridgehead atoms. The summed E-state index contributed by atoms with van der Waals surface area (Å²) in [5.41, 5.74) is 6.55. The Morgan fingerprint density at radius 1 is 1.32 bits per heavy atom. The quantitative estimate of drug-likeness (QED) is 0.302. The molecule has 0 spiro atoms. The Morgan fingerprint density at radius 2 is 2.03 bits per heavy atom. The van der Waals surface area contributed by atoms with Crippen LogP contribution in [0, 0.1) is 5.41 Å². The molecule has 9 heteroatoms. The minimum absolute atomic E-state index is 0.0871. The number of nitrogens with zero attached hydrogens (tertiary/aromatic N) is 1. The van der Waals surface area contributed by atoms with Gasteiger partial charge < -0.3 is 25.8 Å². The van der Waals surface area contributed by atoms with Crippen LogP contribution in [-0.4, -0.2) is 60.5 Å². The van der Waals surface area contributed by atoms with Gasteiger partial charge in [0.15, 0.2) is 0 Å². The molecule has 0 unspecified atom stereocenters. The van der Waals surface area contributed by atoms with Gasteiger partial charge in [0, 0.05) is 36.9 Å². The number of hydrogen-bond acceptors (Lipinski definition) is 7. The zero-order valence-corrected chi connectivity index (χ0v) is 21.5. The van der Waals surface area contributed by atoms with Gasteiger partial charge in [-0.05, 0) is 36.8 Å². The molecule has 8 nitrogen and oxygen atoms in total. The number of unbranched alkanes of at least 4 members (excludes halogenated alkanes) is 1. The largest absolute Gasteiger partial charge is 0.468 e. The van der Waals surface area contributed by atoms with Crippen molar-refractivity contribution in [1.82, 2.24) is 5.32 Å². The van der Waals surface area contributed by atoms with Crippen LogP contribution in [0.4, 0.5) is 5.69 Å². The van der Waals surface area contributed by atoms with E-state index in [1.54, 1.807) is 4.90 Å². The Morgan fingerprint density at radius 3 is 2.71 bits per heavy atom. The summed E-state index contributed by atoms with van der Waals surface area (Å²) < 4.78 is 4.91. The molecule has 4 N–H and O–H groups in total.